The lowest BCUT2D eigenvalue weighted by molar-refractivity contribution is -0.373. The number of hydrogen-bond acceptors (Lipinski definition) is 5. The smallest absolute Gasteiger partial charge is 0.429 e. The fourth-order valence-corrected chi connectivity index (χ4v) is 2.82. The van der Waals surface area contributed by atoms with Gasteiger partial charge in [-0.05, 0) is 48.9 Å². The Labute approximate surface area is 172 Å². The Kier molecular flexibility index (Phi) is 5.64. The number of esters is 1. The first-order valence-corrected chi connectivity index (χ1v) is 9.13. The van der Waals surface area contributed by atoms with Crippen LogP contribution in [0.5, 0.6) is 11.5 Å². The van der Waals surface area contributed by atoms with Crippen molar-refractivity contribution >= 4 is 16.7 Å². The molecule has 1 atom stereocenters. The van der Waals surface area contributed by atoms with Crippen LogP contribution in [0.15, 0.2) is 36.4 Å². The van der Waals surface area contributed by atoms with Crippen LogP contribution in [0.4, 0.5) is 26.3 Å². The molecule has 0 amide bonds. The molecule has 31 heavy (non-hydrogen) atoms. The van der Waals surface area contributed by atoms with Gasteiger partial charge in [-0.25, -0.2) is 0 Å². The minimum Gasteiger partial charge on any atom is -0.490 e. The lowest BCUT2D eigenvalue weighted by Gasteiger charge is -2.31. The Morgan fingerprint density at radius 1 is 1.00 bits per heavy atom. The minimum atomic E-state index is -5.97. The number of ether oxygens (including phenoxy) is 2. The second-order valence-corrected chi connectivity index (χ2v) is 7.89. The Morgan fingerprint density at radius 2 is 1.48 bits per heavy atom. The van der Waals surface area contributed by atoms with Crippen LogP contribution in [-0.2, 0) is 4.79 Å². The summed E-state index contributed by atoms with van der Waals surface area (Å²) in [6, 6.07) is 8.21. The van der Waals surface area contributed by atoms with Gasteiger partial charge in [0, 0.05) is 12.6 Å². The van der Waals surface area contributed by atoms with Crippen LogP contribution in [0, 0.1) is 5.41 Å². The van der Waals surface area contributed by atoms with Crippen molar-refractivity contribution in [2.45, 2.75) is 37.8 Å². The van der Waals surface area contributed by atoms with Crippen LogP contribution in [-0.4, -0.2) is 48.2 Å². The van der Waals surface area contributed by atoms with Gasteiger partial charge in [-0.2, -0.15) is 26.3 Å². The molecule has 1 saturated heterocycles. The normalized spacial score (nSPS) is 17.5. The van der Waals surface area contributed by atoms with E-state index in [2.05, 4.69) is 10.1 Å². The van der Waals surface area contributed by atoms with Gasteiger partial charge < -0.3 is 19.9 Å². The van der Waals surface area contributed by atoms with Gasteiger partial charge in [0.25, 0.3) is 5.60 Å². The van der Waals surface area contributed by atoms with Gasteiger partial charge in [0.15, 0.2) is 0 Å². The van der Waals surface area contributed by atoms with E-state index in [1.165, 1.54) is 30.3 Å². The molecule has 0 aromatic heterocycles. The highest BCUT2D eigenvalue weighted by Crippen LogP contribution is 2.43. The number of rotatable bonds is 6. The molecule has 1 fully saturated rings. The number of halogens is 6. The van der Waals surface area contributed by atoms with Crippen molar-refractivity contribution in [3.63, 3.8) is 0 Å². The Morgan fingerprint density at radius 3 is 1.97 bits per heavy atom. The van der Waals surface area contributed by atoms with Gasteiger partial charge in [-0.15, -0.1) is 0 Å². The van der Waals surface area contributed by atoms with Crippen molar-refractivity contribution in [3.05, 3.63) is 36.4 Å². The third-order valence-electron chi connectivity index (χ3n) is 5.18. The number of aliphatic hydroxyl groups is 1. The summed E-state index contributed by atoms with van der Waals surface area (Å²) in [5, 5.41) is 13.1. The van der Waals surface area contributed by atoms with Crippen molar-refractivity contribution in [2.75, 3.05) is 13.2 Å². The highest BCUT2D eigenvalue weighted by atomic mass is 19.4. The van der Waals surface area contributed by atoms with E-state index in [4.69, 9.17) is 9.84 Å². The Hall–Kier alpha value is -2.53. The number of carbonyl (C=O) groups is 1. The van der Waals surface area contributed by atoms with Gasteiger partial charge in [-0.1, -0.05) is 12.1 Å². The summed E-state index contributed by atoms with van der Waals surface area (Å²) in [7, 11) is 0. The van der Waals surface area contributed by atoms with Crippen molar-refractivity contribution in [2.24, 2.45) is 5.41 Å². The summed E-state index contributed by atoms with van der Waals surface area (Å²) in [5.74, 6) is -0.506. The largest absolute Gasteiger partial charge is 0.490 e. The summed E-state index contributed by atoms with van der Waals surface area (Å²) in [6.45, 7) is 2.15. The topological polar surface area (TPSA) is 77.7 Å². The second kappa shape index (κ2) is 7.56. The molecule has 0 bridgehead atoms. The minimum absolute atomic E-state index is 0.0206. The monoisotopic (exact) mass is 451 g/mol. The van der Waals surface area contributed by atoms with Gasteiger partial charge in [0.1, 0.15) is 18.1 Å². The summed E-state index contributed by atoms with van der Waals surface area (Å²) in [5.41, 5.74) is -5.74. The van der Waals surface area contributed by atoms with Crippen LogP contribution in [0.2, 0.25) is 0 Å². The molecule has 170 valence electrons. The number of hydrogen-bond donors (Lipinski definition) is 2. The molecule has 11 heteroatoms. The first kappa shape index (κ1) is 23.1. The fraction of sp³-hybridized carbons (Fsp3) is 0.450. The molecule has 1 aliphatic rings. The second-order valence-electron chi connectivity index (χ2n) is 7.89. The SMILES string of the molecule is CC(C)(C(=O)Oc1ccc2cc(OCC(O)(C(F)(F)F)C(F)(F)F)ccc2c1)C1CN1. The van der Waals surface area contributed by atoms with E-state index < -0.39 is 35.9 Å². The van der Waals surface area contributed by atoms with Crippen molar-refractivity contribution in [3.8, 4) is 11.5 Å². The first-order chi connectivity index (χ1) is 14.1. The molecular weight excluding hydrogens is 432 g/mol. The highest BCUT2D eigenvalue weighted by molar-refractivity contribution is 5.87. The molecule has 1 aliphatic heterocycles. The number of alkyl halides is 6. The molecule has 3 rings (SSSR count). The van der Waals surface area contributed by atoms with Gasteiger partial charge in [-0.3, -0.25) is 4.79 Å². The molecular formula is C20H19F6NO4. The maximum atomic E-state index is 12.7. The predicted octanol–water partition coefficient (Wildman–Crippen LogP) is 3.98. The Bertz CT molecular complexity index is 968. The van der Waals surface area contributed by atoms with Crippen LogP contribution in [0.1, 0.15) is 13.8 Å². The zero-order valence-electron chi connectivity index (χ0n) is 16.4. The van der Waals surface area contributed by atoms with Gasteiger partial charge in [0.05, 0.1) is 5.41 Å². The van der Waals surface area contributed by atoms with Crippen molar-refractivity contribution in [1.82, 2.24) is 5.32 Å². The fourth-order valence-electron chi connectivity index (χ4n) is 2.82. The molecule has 2 N–H and O–H groups in total. The zero-order chi connectivity index (χ0) is 23.2. The third kappa shape index (κ3) is 4.57. The average Bonchev–Trinajstić information content (AvgIpc) is 3.49. The molecule has 1 heterocycles. The van der Waals surface area contributed by atoms with Crippen LogP contribution < -0.4 is 14.8 Å². The summed E-state index contributed by atoms with van der Waals surface area (Å²) in [4.78, 5) is 12.4. The van der Waals surface area contributed by atoms with Crippen molar-refractivity contribution < 1.29 is 45.7 Å². The molecule has 0 saturated carbocycles. The molecule has 5 nitrogen and oxygen atoms in total. The molecule has 2 aromatic carbocycles. The highest BCUT2D eigenvalue weighted by Gasteiger charge is 2.71. The van der Waals surface area contributed by atoms with Gasteiger partial charge in [0.2, 0.25) is 0 Å². The van der Waals surface area contributed by atoms with Crippen LogP contribution in [0.25, 0.3) is 10.8 Å². The lowest BCUT2D eigenvalue weighted by atomic mass is 9.89. The lowest BCUT2D eigenvalue weighted by Crippen LogP contribution is -2.60. The number of carbonyl (C=O) groups excluding carboxylic acids is 1. The Balaban J connectivity index is 1.75. The van der Waals surface area contributed by atoms with E-state index in [0.29, 0.717) is 17.3 Å². The molecule has 0 spiro atoms. The van der Waals surface area contributed by atoms with Gasteiger partial charge >= 0.3 is 18.3 Å². The van der Waals surface area contributed by atoms with E-state index >= 15 is 0 Å². The maximum Gasteiger partial charge on any atom is 0.429 e. The summed E-state index contributed by atoms with van der Waals surface area (Å²) < 4.78 is 86.5. The third-order valence-corrected chi connectivity index (χ3v) is 5.18. The zero-order valence-corrected chi connectivity index (χ0v) is 16.4. The summed E-state index contributed by atoms with van der Waals surface area (Å²) in [6.07, 6.45) is -11.9. The molecule has 2 aromatic rings. The average molecular weight is 451 g/mol. The standard InChI is InChI=1S/C20H19F6NO4/c1-17(2,15-9-27-15)16(28)31-14-6-4-11-7-13(5-3-12(11)8-14)30-10-18(29,19(21,22)23)20(24,25)26/h3-8,15,27,29H,9-10H2,1-2H3. The van der Waals surface area contributed by atoms with Crippen LogP contribution in [0.3, 0.4) is 0 Å². The van der Waals surface area contributed by atoms with Crippen molar-refractivity contribution in [1.29, 1.82) is 0 Å². The number of benzene rings is 2. The van der Waals surface area contributed by atoms with E-state index in [-0.39, 0.29) is 17.5 Å². The molecule has 1 unspecified atom stereocenters. The summed E-state index contributed by atoms with van der Waals surface area (Å²) >= 11 is 0. The van der Waals surface area contributed by atoms with E-state index in [1.807, 2.05) is 0 Å². The first-order valence-electron chi connectivity index (χ1n) is 9.13. The number of nitrogens with one attached hydrogen (secondary N) is 1. The van der Waals surface area contributed by atoms with Crippen LogP contribution >= 0.6 is 0 Å². The quantitative estimate of drug-likeness (QED) is 0.301. The number of fused-ring (bicyclic) bond motifs is 1. The molecule has 0 aliphatic carbocycles. The maximum absolute atomic E-state index is 12.7. The van der Waals surface area contributed by atoms with E-state index in [1.54, 1.807) is 13.8 Å². The van der Waals surface area contributed by atoms with E-state index in [9.17, 15) is 31.1 Å². The van der Waals surface area contributed by atoms with E-state index in [0.717, 1.165) is 6.07 Å². The molecule has 0 radical (unpaired) electrons. The predicted molar refractivity (Wildman–Crippen MR) is 97.7 cm³/mol.